The van der Waals surface area contributed by atoms with Crippen molar-refractivity contribution in [2.45, 2.75) is 25.9 Å². The number of fused-ring (bicyclic) bond motifs is 1. The van der Waals surface area contributed by atoms with E-state index in [-0.39, 0.29) is 11.8 Å². The largest absolute Gasteiger partial charge is 0.420 e. The van der Waals surface area contributed by atoms with Crippen LogP contribution in [-0.4, -0.2) is 19.6 Å². The number of hydrogen-bond donors (Lipinski definition) is 0. The topological polar surface area (TPSA) is 65.8 Å². The molecule has 0 amide bonds. The number of oxazole rings is 1. The highest BCUT2D eigenvalue weighted by atomic mass is 32.1. The lowest BCUT2D eigenvalue weighted by atomic mass is 10.2. The van der Waals surface area contributed by atoms with Crippen molar-refractivity contribution < 1.29 is 4.42 Å². The Morgan fingerprint density at radius 1 is 1.25 bits per heavy atom. The van der Waals surface area contributed by atoms with Gasteiger partial charge in [-0.2, -0.15) is 0 Å². The maximum Gasteiger partial charge on any atom is 0.420 e. The second-order valence-electron chi connectivity index (χ2n) is 5.55. The van der Waals surface area contributed by atoms with E-state index in [1.165, 1.54) is 4.88 Å². The molecule has 0 fully saturated rings. The smallest absolute Gasteiger partial charge is 0.408 e. The third-order valence-electron chi connectivity index (χ3n) is 4.03. The first kappa shape index (κ1) is 14.9. The second kappa shape index (κ2) is 6.09. The van der Waals surface area contributed by atoms with Crippen LogP contribution in [0.5, 0.6) is 0 Å². The van der Waals surface area contributed by atoms with Gasteiger partial charge in [-0.15, -0.1) is 16.4 Å². The van der Waals surface area contributed by atoms with Gasteiger partial charge in [0.05, 0.1) is 24.3 Å². The van der Waals surface area contributed by atoms with Crippen molar-refractivity contribution in [1.29, 1.82) is 0 Å². The van der Waals surface area contributed by atoms with Crippen LogP contribution in [0.1, 0.15) is 30.0 Å². The molecule has 4 aromatic rings. The molecular formula is C17H16N4O2S. The van der Waals surface area contributed by atoms with E-state index in [4.69, 9.17) is 4.42 Å². The van der Waals surface area contributed by atoms with Gasteiger partial charge in [0.25, 0.3) is 0 Å². The molecule has 122 valence electrons. The van der Waals surface area contributed by atoms with Gasteiger partial charge >= 0.3 is 5.76 Å². The van der Waals surface area contributed by atoms with E-state index < -0.39 is 0 Å². The van der Waals surface area contributed by atoms with Crippen molar-refractivity contribution in [2.24, 2.45) is 0 Å². The zero-order valence-corrected chi connectivity index (χ0v) is 13.9. The maximum atomic E-state index is 12.1. The zero-order valence-electron chi connectivity index (χ0n) is 13.1. The molecule has 4 rings (SSSR count). The van der Waals surface area contributed by atoms with Gasteiger partial charge in [-0.05, 0) is 30.0 Å². The summed E-state index contributed by atoms with van der Waals surface area (Å²) in [5.74, 6) is -0.379. The summed E-state index contributed by atoms with van der Waals surface area (Å²) in [5.41, 5.74) is 2.08. The van der Waals surface area contributed by atoms with Crippen LogP contribution in [-0.2, 0) is 6.54 Å². The highest BCUT2D eigenvalue weighted by Crippen LogP contribution is 2.25. The minimum absolute atomic E-state index is 0.170. The van der Waals surface area contributed by atoms with Gasteiger partial charge in [0.15, 0.2) is 5.58 Å². The number of rotatable bonds is 5. The number of para-hydroxylation sites is 2. The Labute approximate surface area is 142 Å². The Kier molecular flexibility index (Phi) is 3.78. The fraction of sp³-hybridized carbons (Fsp3) is 0.235. The van der Waals surface area contributed by atoms with E-state index in [0.717, 1.165) is 17.6 Å². The first-order valence-corrected chi connectivity index (χ1v) is 8.66. The SMILES string of the molecule is CC[C@H](c1cccs1)n1cc(Cn2c(=O)oc3ccccc32)nn1. The molecule has 0 saturated carbocycles. The normalized spacial score (nSPS) is 12.7. The minimum atomic E-state index is -0.379. The highest BCUT2D eigenvalue weighted by Gasteiger charge is 2.16. The van der Waals surface area contributed by atoms with Crippen LogP contribution in [0.25, 0.3) is 11.1 Å². The summed E-state index contributed by atoms with van der Waals surface area (Å²) in [5, 5.41) is 10.6. The lowest BCUT2D eigenvalue weighted by Gasteiger charge is -2.12. The number of benzene rings is 1. The Hall–Kier alpha value is -2.67. The Bertz CT molecular complexity index is 1010. The molecule has 0 bridgehead atoms. The average molecular weight is 340 g/mol. The third-order valence-corrected chi connectivity index (χ3v) is 5.00. The molecule has 0 aliphatic heterocycles. The van der Waals surface area contributed by atoms with Gasteiger partial charge < -0.3 is 4.42 Å². The molecule has 0 saturated heterocycles. The van der Waals surface area contributed by atoms with Crippen LogP contribution in [0.3, 0.4) is 0 Å². The first-order chi connectivity index (χ1) is 11.8. The molecule has 1 aromatic carbocycles. The van der Waals surface area contributed by atoms with Crippen molar-refractivity contribution in [3.05, 3.63) is 69.1 Å². The van der Waals surface area contributed by atoms with Gasteiger partial charge in [0.2, 0.25) is 0 Å². The molecule has 1 atom stereocenters. The van der Waals surface area contributed by atoms with E-state index in [1.807, 2.05) is 35.1 Å². The van der Waals surface area contributed by atoms with Crippen LogP contribution in [0.2, 0.25) is 0 Å². The first-order valence-electron chi connectivity index (χ1n) is 7.78. The molecule has 24 heavy (non-hydrogen) atoms. The van der Waals surface area contributed by atoms with Crippen molar-refractivity contribution in [3.8, 4) is 0 Å². The van der Waals surface area contributed by atoms with Gasteiger partial charge in [-0.25, -0.2) is 9.48 Å². The fourth-order valence-electron chi connectivity index (χ4n) is 2.86. The van der Waals surface area contributed by atoms with Gasteiger partial charge in [-0.1, -0.05) is 30.3 Å². The molecule has 0 aliphatic rings. The predicted octanol–water partition coefficient (Wildman–Crippen LogP) is 3.30. The van der Waals surface area contributed by atoms with E-state index in [0.29, 0.717) is 12.1 Å². The van der Waals surface area contributed by atoms with Crippen LogP contribution in [0, 0.1) is 0 Å². The second-order valence-corrected chi connectivity index (χ2v) is 6.53. The molecule has 6 nitrogen and oxygen atoms in total. The third kappa shape index (κ3) is 2.56. The van der Waals surface area contributed by atoms with Crippen LogP contribution in [0.4, 0.5) is 0 Å². The summed E-state index contributed by atoms with van der Waals surface area (Å²) in [6.45, 7) is 2.47. The summed E-state index contributed by atoms with van der Waals surface area (Å²) in [6, 6.07) is 11.7. The van der Waals surface area contributed by atoms with Crippen LogP contribution >= 0.6 is 11.3 Å². The molecule has 0 unspecified atom stereocenters. The Morgan fingerprint density at radius 3 is 2.92 bits per heavy atom. The number of hydrogen-bond acceptors (Lipinski definition) is 5. The lowest BCUT2D eigenvalue weighted by molar-refractivity contribution is 0.500. The quantitative estimate of drug-likeness (QED) is 0.559. The fourth-order valence-corrected chi connectivity index (χ4v) is 3.77. The van der Waals surface area contributed by atoms with E-state index in [1.54, 1.807) is 22.0 Å². The monoisotopic (exact) mass is 340 g/mol. The molecule has 0 radical (unpaired) electrons. The van der Waals surface area contributed by atoms with E-state index in [2.05, 4.69) is 28.7 Å². The Morgan fingerprint density at radius 2 is 2.12 bits per heavy atom. The molecular weight excluding hydrogens is 324 g/mol. The average Bonchev–Trinajstić information content (AvgIpc) is 3.31. The minimum Gasteiger partial charge on any atom is -0.408 e. The standard InChI is InChI=1S/C17H16N4O2S/c1-2-13(16-8-5-9-24-16)21-11-12(18-19-21)10-20-14-6-3-4-7-15(14)23-17(20)22/h3-9,11,13H,2,10H2,1H3/t13-/m1/s1. The molecule has 0 N–H and O–H groups in total. The summed E-state index contributed by atoms with van der Waals surface area (Å²) in [7, 11) is 0. The maximum absolute atomic E-state index is 12.1. The number of aromatic nitrogens is 4. The van der Waals surface area contributed by atoms with E-state index in [9.17, 15) is 4.79 Å². The molecule has 0 spiro atoms. The highest BCUT2D eigenvalue weighted by molar-refractivity contribution is 7.10. The summed E-state index contributed by atoms with van der Waals surface area (Å²) < 4.78 is 8.71. The molecule has 7 heteroatoms. The van der Waals surface area contributed by atoms with Gasteiger partial charge in [0.1, 0.15) is 5.69 Å². The summed E-state index contributed by atoms with van der Waals surface area (Å²) >= 11 is 1.71. The number of nitrogens with zero attached hydrogens (tertiary/aromatic N) is 4. The molecule has 3 heterocycles. The van der Waals surface area contributed by atoms with Crippen LogP contribution in [0.15, 0.2) is 57.2 Å². The molecule has 0 aliphatic carbocycles. The molecule has 3 aromatic heterocycles. The van der Waals surface area contributed by atoms with Gasteiger partial charge in [-0.3, -0.25) is 4.57 Å². The Balaban J connectivity index is 1.65. The van der Waals surface area contributed by atoms with Crippen molar-refractivity contribution >= 4 is 22.4 Å². The summed E-state index contributed by atoms with van der Waals surface area (Å²) in [6.07, 6.45) is 2.83. The predicted molar refractivity (Wildman–Crippen MR) is 92.3 cm³/mol. The zero-order chi connectivity index (χ0) is 16.5. The summed E-state index contributed by atoms with van der Waals surface area (Å²) in [4.78, 5) is 13.3. The van der Waals surface area contributed by atoms with Crippen molar-refractivity contribution in [1.82, 2.24) is 19.6 Å². The van der Waals surface area contributed by atoms with Crippen molar-refractivity contribution in [3.63, 3.8) is 0 Å². The lowest BCUT2D eigenvalue weighted by Crippen LogP contribution is -2.15. The van der Waals surface area contributed by atoms with E-state index >= 15 is 0 Å². The van der Waals surface area contributed by atoms with Crippen LogP contribution < -0.4 is 5.76 Å². The van der Waals surface area contributed by atoms with Crippen molar-refractivity contribution in [2.75, 3.05) is 0 Å². The van der Waals surface area contributed by atoms with Gasteiger partial charge in [0, 0.05) is 4.88 Å². The number of thiophene rings is 1.